The third-order valence-corrected chi connectivity index (χ3v) is 3.94. The number of hydrogen-bond acceptors (Lipinski definition) is 4. The Morgan fingerprint density at radius 1 is 0.926 bits per heavy atom. The number of aromatic nitrogens is 4. The normalized spacial score (nSPS) is 11.1. The number of benzene rings is 2. The van der Waals surface area contributed by atoms with Gasteiger partial charge in [-0.1, -0.05) is 6.07 Å². The summed E-state index contributed by atoms with van der Waals surface area (Å²) in [5.74, 6) is -3.35. The van der Waals surface area contributed by atoms with Crippen LogP contribution in [0.15, 0.2) is 42.7 Å². The van der Waals surface area contributed by atoms with Crippen LogP contribution >= 0.6 is 0 Å². The predicted molar refractivity (Wildman–Crippen MR) is 91.3 cm³/mol. The molecule has 0 saturated heterocycles. The number of aryl methyl sites for hydroxylation is 1. The van der Waals surface area contributed by atoms with Crippen molar-refractivity contribution < 1.29 is 17.6 Å². The van der Waals surface area contributed by atoms with Gasteiger partial charge in [-0.05, 0) is 24.3 Å². The summed E-state index contributed by atoms with van der Waals surface area (Å²) in [6, 6.07) is 6.36. The number of nitrogens with one attached hydrogen (secondary N) is 1. The van der Waals surface area contributed by atoms with Crippen LogP contribution in [0.3, 0.4) is 0 Å². The van der Waals surface area contributed by atoms with Gasteiger partial charge in [0.05, 0.1) is 11.9 Å². The molecule has 1 N–H and O–H groups in total. The maximum atomic E-state index is 14.2. The van der Waals surface area contributed by atoms with E-state index in [-0.39, 0.29) is 22.7 Å². The van der Waals surface area contributed by atoms with Crippen LogP contribution in [0, 0.1) is 23.3 Å². The van der Waals surface area contributed by atoms with Crippen LogP contribution in [0.1, 0.15) is 0 Å². The van der Waals surface area contributed by atoms with E-state index in [1.54, 1.807) is 11.6 Å². The van der Waals surface area contributed by atoms with Crippen LogP contribution in [0.25, 0.3) is 22.6 Å². The fourth-order valence-corrected chi connectivity index (χ4v) is 2.62. The summed E-state index contributed by atoms with van der Waals surface area (Å²) in [6.45, 7) is 0. The Morgan fingerprint density at radius 3 is 2.37 bits per heavy atom. The van der Waals surface area contributed by atoms with Crippen LogP contribution in [-0.2, 0) is 7.05 Å². The minimum absolute atomic E-state index is 0.0108. The first kappa shape index (κ1) is 17.0. The number of imidazole rings is 1. The van der Waals surface area contributed by atoms with Gasteiger partial charge < -0.3 is 9.88 Å². The number of fused-ring (bicyclic) bond motifs is 1. The quantitative estimate of drug-likeness (QED) is 0.543. The van der Waals surface area contributed by atoms with Gasteiger partial charge in [0.2, 0.25) is 0 Å². The molecule has 0 amide bonds. The minimum Gasteiger partial charge on any atom is -0.333 e. The van der Waals surface area contributed by atoms with Crippen molar-refractivity contribution in [2.75, 3.05) is 5.32 Å². The maximum absolute atomic E-state index is 14.2. The van der Waals surface area contributed by atoms with Crippen LogP contribution in [-0.4, -0.2) is 19.5 Å². The summed E-state index contributed by atoms with van der Waals surface area (Å²) >= 11 is 0. The van der Waals surface area contributed by atoms with Gasteiger partial charge in [-0.25, -0.2) is 32.5 Å². The first-order chi connectivity index (χ1) is 12.9. The zero-order valence-corrected chi connectivity index (χ0v) is 13.8. The number of hydrogen-bond donors (Lipinski definition) is 1. The molecule has 2 aromatic carbocycles. The average Bonchev–Trinajstić information content (AvgIpc) is 2.99. The van der Waals surface area contributed by atoms with Crippen molar-refractivity contribution in [2.45, 2.75) is 0 Å². The number of rotatable bonds is 3. The molecule has 136 valence electrons. The topological polar surface area (TPSA) is 55.6 Å². The number of para-hydroxylation sites is 1. The summed E-state index contributed by atoms with van der Waals surface area (Å²) in [7, 11) is 1.65. The smallest absolute Gasteiger partial charge is 0.167 e. The van der Waals surface area contributed by atoms with Crippen molar-refractivity contribution in [3.63, 3.8) is 0 Å². The molecule has 0 aliphatic rings. The van der Waals surface area contributed by atoms with Crippen molar-refractivity contribution in [1.82, 2.24) is 19.5 Å². The predicted octanol–water partition coefficient (Wildman–Crippen LogP) is 4.33. The van der Waals surface area contributed by atoms with Crippen LogP contribution in [0.4, 0.5) is 29.1 Å². The second kappa shape index (κ2) is 6.35. The summed E-state index contributed by atoms with van der Waals surface area (Å²) in [6.07, 6.45) is 1.44. The molecule has 0 radical (unpaired) electrons. The van der Waals surface area contributed by atoms with Crippen LogP contribution < -0.4 is 5.32 Å². The lowest BCUT2D eigenvalue weighted by Gasteiger charge is -2.11. The Balaban J connectivity index is 1.92. The molecule has 0 atom stereocenters. The number of nitrogens with zero attached hydrogens (tertiary/aromatic N) is 4. The first-order valence-corrected chi connectivity index (χ1v) is 7.79. The zero-order valence-electron chi connectivity index (χ0n) is 13.8. The lowest BCUT2D eigenvalue weighted by molar-refractivity contribution is 0.584. The molecule has 0 spiro atoms. The lowest BCUT2D eigenvalue weighted by atomic mass is 10.2. The average molecular weight is 373 g/mol. The van der Waals surface area contributed by atoms with Crippen LogP contribution in [0.2, 0.25) is 0 Å². The summed E-state index contributed by atoms with van der Waals surface area (Å²) in [4.78, 5) is 12.5. The van der Waals surface area contributed by atoms with E-state index in [1.807, 2.05) is 0 Å². The molecule has 9 heteroatoms. The van der Waals surface area contributed by atoms with Crippen molar-refractivity contribution in [3.05, 3.63) is 66.0 Å². The Labute approximate surface area is 150 Å². The van der Waals surface area contributed by atoms with E-state index in [1.165, 1.54) is 18.5 Å². The van der Waals surface area contributed by atoms with E-state index >= 15 is 0 Å². The molecule has 4 aromatic rings. The van der Waals surface area contributed by atoms with Gasteiger partial charge in [-0.3, -0.25) is 0 Å². The highest BCUT2D eigenvalue weighted by Crippen LogP contribution is 2.29. The molecule has 2 aromatic heterocycles. The number of anilines is 2. The SMILES string of the molecule is Cn1cnc2c(Nc3c(F)cccc3F)nc(-c3ccc(F)cc3F)nc21. The van der Waals surface area contributed by atoms with Crippen molar-refractivity contribution in [2.24, 2.45) is 7.05 Å². The minimum atomic E-state index is -0.862. The van der Waals surface area contributed by atoms with E-state index in [9.17, 15) is 17.6 Å². The van der Waals surface area contributed by atoms with Crippen molar-refractivity contribution >= 4 is 22.7 Å². The lowest BCUT2D eigenvalue weighted by Crippen LogP contribution is -2.04. The van der Waals surface area contributed by atoms with Gasteiger partial charge in [0.1, 0.15) is 29.0 Å². The fourth-order valence-electron chi connectivity index (χ4n) is 2.62. The molecule has 27 heavy (non-hydrogen) atoms. The summed E-state index contributed by atoms with van der Waals surface area (Å²) in [5.41, 5.74) is 0.0691. The Hall–Kier alpha value is -3.49. The van der Waals surface area contributed by atoms with Gasteiger partial charge in [0, 0.05) is 13.1 Å². The zero-order chi connectivity index (χ0) is 19.1. The molecule has 0 saturated carbocycles. The van der Waals surface area contributed by atoms with Crippen molar-refractivity contribution in [1.29, 1.82) is 0 Å². The molecule has 0 fully saturated rings. The Morgan fingerprint density at radius 2 is 1.67 bits per heavy atom. The summed E-state index contributed by atoms with van der Waals surface area (Å²) < 4.78 is 56.9. The van der Waals surface area contributed by atoms with Gasteiger partial charge in [0.25, 0.3) is 0 Å². The number of halogens is 4. The van der Waals surface area contributed by atoms with Gasteiger partial charge in [-0.2, -0.15) is 0 Å². The monoisotopic (exact) mass is 373 g/mol. The molecule has 5 nitrogen and oxygen atoms in total. The molecule has 0 bridgehead atoms. The Kier molecular flexibility index (Phi) is 3.98. The maximum Gasteiger partial charge on any atom is 0.167 e. The molecular formula is C18H11F4N5. The van der Waals surface area contributed by atoms with Gasteiger partial charge in [0.15, 0.2) is 22.8 Å². The van der Waals surface area contributed by atoms with E-state index in [0.717, 1.165) is 18.2 Å². The first-order valence-electron chi connectivity index (χ1n) is 7.79. The molecule has 0 aliphatic heterocycles. The van der Waals surface area contributed by atoms with Crippen LogP contribution in [0.5, 0.6) is 0 Å². The molecular weight excluding hydrogens is 362 g/mol. The van der Waals surface area contributed by atoms with E-state index in [2.05, 4.69) is 20.3 Å². The van der Waals surface area contributed by atoms with E-state index in [4.69, 9.17) is 0 Å². The highest BCUT2D eigenvalue weighted by molar-refractivity contribution is 5.87. The van der Waals surface area contributed by atoms with Gasteiger partial charge >= 0.3 is 0 Å². The highest BCUT2D eigenvalue weighted by atomic mass is 19.1. The molecule has 4 rings (SSSR count). The molecule has 0 aliphatic carbocycles. The third kappa shape index (κ3) is 2.97. The van der Waals surface area contributed by atoms with Crippen molar-refractivity contribution in [3.8, 4) is 11.4 Å². The largest absolute Gasteiger partial charge is 0.333 e. The van der Waals surface area contributed by atoms with E-state index < -0.39 is 29.0 Å². The van der Waals surface area contributed by atoms with Gasteiger partial charge in [-0.15, -0.1) is 0 Å². The van der Waals surface area contributed by atoms with E-state index in [0.29, 0.717) is 11.7 Å². The standard InChI is InChI=1S/C18H11F4N5/c1-27-8-23-15-17(24-14-11(20)3-2-4-12(14)21)25-16(26-18(15)27)10-6-5-9(19)7-13(10)22/h2-8H,1H3,(H,24,25,26). The second-order valence-corrected chi connectivity index (χ2v) is 5.77. The third-order valence-electron chi connectivity index (χ3n) is 3.94. The fraction of sp³-hybridized carbons (Fsp3) is 0.0556. The Bertz CT molecular complexity index is 1150. The second-order valence-electron chi connectivity index (χ2n) is 5.77. The molecule has 2 heterocycles. The highest BCUT2D eigenvalue weighted by Gasteiger charge is 2.18. The summed E-state index contributed by atoms with van der Waals surface area (Å²) in [5, 5.41) is 2.56. The molecule has 0 unspecified atom stereocenters.